The number of aryl methyl sites for hydroxylation is 3. The largest absolute Gasteiger partial charge is 0.573 e. The van der Waals surface area contributed by atoms with Crippen LogP contribution in [-0.4, -0.2) is 81.1 Å². The Bertz CT molecular complexity index is 3570. The third-order valence-corrected chi connectivity index (χ3v) is 13.5. The van der Waals surface area contributed by atoms with E-state index in [1.54, 1.807) is 27.3 Å². The first kappa shape index (κ1) is 50.1. The van der Waals surface area contributed by atoms with Crippen molar-refractivity contribution in [3.63, 3.8) is 0 Å². The van der Waals surface area contributed by atoms with Gasteiger partial charge in [0, 0.05) is 89.1 Å². The molecule has 0 saturated heterocycles. The number of carbonyl (C=O) groups is 3. The molecular weight excluding hydrogens is 970 g/mol. The van der Waals surface area contributed by atoms with E-state index in [9.17, 15) is 27.6 Å². The Morgan fingerprint density at radius 1 is 0.573 bits per heavy atom. The fraction of sp³-hybridized carbons (Fsp3) is 0.333. The van der Waals surface area contributed by atoms with Crippen molar-refractivity contribution in [1.82, 2.24) is 60.2 Å². The summed E-state index contributed by atoms with van der Waals surface area (Å²) in [6, 6.07) is 20.7. The zero-order valence-electron chi connectivity index (χ0n) is 42.2. The molecule has 3 saturated carbocycles. The molecule has 3 aliphatic rings. The minimum atomic E-state index is -4.76. The number of carbonyl (C=O) groups excluding carboxylic acids is 3. The number of alkyl halides is 3. The fourth-order valence-corrected chi connectivity index (χ4v) is 9.19. The predicted molar refractivity (Wildman–Crippen MR) is 273 cm³/mol. The van der Waals surface area contributed by atoms with Gasteiger partial charge in [-0.05, 0) is 132 Å². The Balaban J connectivity index is 0.000000128. The smallest absolute Gasteiger partial charge is 0.494 e. The molecule has 9 aromatic rings. The molecule has 18 nitrogen and oxygen atoms in total. The Labute approximate surface area is 428 Å². The maximum Gasteiger partial charge on any atom is 0.573 e. The van der Waals surface area contributed by atoms with Crippen LogP contribution in [0.1, 0.15) is 107 Å². The molecule has 0 radical (unpaired) electrons. The standard InChI is InChI=1S/C19H22N4O2.C18H20N4O2.C17H15F3N4O2/c1-12(2)25-15-4-5-16-13(8-15)9-17(21-16)18(24)22-19(6-7-19)14-10-20-23(3)11-14;1-3-24-14-4-5-15-12(8-14)9-16(20-15)17(23)21-18(6-7-18)13-10-19-22(2)11-13;1-24-9-11(8-21-24)16(4-5-16)23-15(25)14-7-10-6-12(26-17(18,19)20)2-3-13(10)22-14/h4-5,8-12,21H,6-7H2,1-3H3,(H,22,24);4-5,8-11,20H,3,6-7H2,1-2H3,(H,21,23);2-3,6-9,22H,4-5H2,1H3,(H,23,25). The monoisotopic (exact) mass is 1030 g/mol. The number of rotatable bonds is 14. The molecule has 3 amide bonds. The average molecular weight is 1030 g/mol. The lowest BCUT2D eigenvalue weighted by molar-refractivity contribution is -0.274. The summed E-state index contributed by atoms with van der Waals surface area (Å²) in [4.78, 5) is 47.3. The lowest BCUT2D eigenvalue weighted by atomic mass is 10.1. The maximum atomic E-state index is 12.7. The second-order valence-electron chi connectivity index (χ2n) is 19.8. The van der Waals surface area contributed by atoms with Gasteiger partial charge in [0.1, 0.15) is 34.3 Å². The summed E-state index contributed by atoms with van der Waals surface area (Å²) < 4.78 is 57.3. The second-order valence-corrected chi connectivity index (χ2v) is 19.8. The Morgan fingerprint density at radius 3 is 1.24 bits per heavy atom. The first-order valence-corrected chi connectivity index (χ1v) is 24.7. The van der Waals surface area contributed by atoms with E-state index in [1.165, 1.54) is 24.3 Å². The number of nitrogens with zero attached hydrogens (tertiary/aromatic N) is 6. The number of nitrogens with one attached hydrogen (secondary N) is 6. The average Bonchev–Trinajstić information content (AvgIpc) is 4.11. The molecule has 6 N–H and O–H groups in total. The summed E-state index contributed by atoms with van der Waals surface area (Å²) in [5, 5.41) is 24.3. The topological polar surface area (TPSA) is 216 Å². The van der Waals surface area contributed by atoms with Crippen molar-refractivity contribution in [2.45, 2.75) is 88.4 Å². The normalized spacial score (nSPS) is 15.6. The van der Waals surface area contributed by atoms with E-state index in [0.29, 0.717) is 28.9 Å². The molecular formula is C54H57F3N12O6. The summed E-state index contributed by atoms with van der Waals surface area (Å²) in [5.41, 5.74) is 5.91. The third-order valence-electron chi connectivity index (χ3n) is 13.5. The zero-order chi connectivity index (χ0) is 52.9. The number of halogens is 3. The molecule has 21 heteroatoms. The molecule has 3 aromatic carbocycles. The van der Waals surface area contributed by atoms with Crippen LogP contribution in [0.25, 0.3) is 32.7 Å². The SMILES string of the molecule is CC(C)Oc1ccc2[nH]c(C(=O)NC3(c4cnn(C)c4)CC3)cc2c1.CCOc1ccc2[nH]c(C(=O)NC3(c4cnn(C)c4)CC3)cc2c1.Cn1cc(C2(NC(=O)c3cc4cc(OC(F)(F)F)ccc4[nH]3)CC2)cn1. The number of hydrogen-bond donors (Lipinski definition) is 6. The number of aromatic nitrogens is 9. The van der Waals surface area contributed by atoms with Crippen molar-refractivity contribution in [1.29, 1.82) is 0 Å². The molecule has 3 aliphatic carbocycles. The van der Waals surface area contributed by atoms with E-state index in [0.717, 1.165) is 88.5 Å². The number of aromatic amines is 3. The van der Waals surface area contributed by atoms with Gasteiger partial charge in [-0.15, -0.1) is 13.2 Å². The molecule has 75 heavy (non-hydrogen) atoms. The summed E-state index contributed by atoms with van der Waals surface area (Å²) in [5.74, 6) is 0.785. The van der Waals surface area contributed by atoms with Gasteiger partial charge >= 0.3 is 6.36 Å². The molecule has 390 valence electrons. The number of H-pyrrole nitrogens is 3. The van der Waals surface area contributed by atoms with E-state index in [2.05, 4.69) is 50.9 Å². The maximum absolute atomic E-state index is 12.7. The van der Waals surface area contributed by atoms with Gasteiger partial charge in [0.25, 0.3) is 17.7 Å². The van der Waals surface area contributed by atoms with Crippen LogP contribution in [0.4, 0.5) is 13.2 Å². The van der Waals surface area contributed by atoms with E-state index >= 15 is 0 Å². The van der Waals surface area contributed by atoms with Gasteiger partial charge < -0.3 is 45.1 Å². The Kier molecular flexibility index (Phi) is 13.0. The van der Waals surface area contributed by atoms with Gasteiger partial charge in [0.2, 0.25) is 0 Å². The minimum absolute atomic E-state index is 0.0921. The highest BCUT2D eigenvalue weighted by atomic mass is 19.4. The van der Waals surface area contributed by atoms with Gasteiger partial charge in [-0.3, -0.25) is 28.4 Å². The van der Waals surface area contributed by atoms with E-state index < -0.39 is 11.9 Å². The van der Waals surface area contributed by atoms with Crippen molar-refractivity contribution >= 4 is 50.4 Å². The van der Waals surface area contributed by atoms with Gasteiger partial charge in [-0.1, -0.05) is 0 Å². The van der Waals surface area contributed by atoms with Crippen LogP contribution in [0, 0.1) is 0 Å². The lowest BCUT2D eigenvalue weighted by Gasteiger charge is -2.15. The first-order valence-electron chi connectivity index (χ1n) is 24.7. The molecule has 0 aliphatic heterocycles. The second kappa shape index (κ2) is 19.4. The highest BCUT2D eigenvalue weighted by Gasteiger charge is 2.49. The highest BCUT2D eigenvalue weighted by Crippen LogP contribution is 2.47. The van der Waals surface area contributed by atoms with Crippen molar-refractivity contribution < 1.29 is 41.8 Å². The number of fused-ring (bicyclic) bond motifs is 3. The van der Waals surface area contributed by atoms with Crippen LogP contribution < -0.4 is 30.2 Å². The molecule has 6 heterocycles. The zero-order valence-corrected chi connectivity index (χ0v) is 42.2. The minimum Gasteiger partial charge on any atom is -0.494 e. The summed E-state index contributed by atoms with van der Waals surface area (Å²) >= 11 is 0. The summed E-state index contributed by atoms with van der Waals surface area (Å²) in [7, 11) is 5.57. The van der Waals surface area contributed by atoms with Crippen molar-refractivity contribution in [2.75, 3.05) is 6.61 Å². The van der Waals surface area contributed by atoms with Crippen LogP contribution >= 0.6 is 0 Å². The Morgan fingerprint density at radius 2 is 0.920 bits per heavy atom. The number of benzene rings is 3. The molecule has 6 aromatic heterocycles. The highest BCUT2D eigenvalue weighted by molar-refractivity contribution is 6.00. The predicted octanol–water partition coefficient (Wildman–Crippen LogP) is 9.05. The molecule has 0 spiro atoms. The van der Waals surface area contributed by atoms with Crippen LogP contribution in [0.2, 0.25) is 0 Å². The van der Waals surface area contributed by atoms with Gasteiger partial charge in [-0.25, -0.2) is 0 Å². The van der Waals surface area contributed by atoms with Crippen molar-refractivity contribution in [3.8, 4) is 17.2 Å². The van der Waals surface area contributed by atoms with Crippen LogP contribution in [0.3, 0.4) is 0 Å². The summed E-state index contributed by atoms with van der Waals surface area (Å²) in [6.07, 6.45) is 11.9. The number of hydrogen-bond acceptors (Lipinski definition) is 9. The first-order chi connectivity index (χ1) is 35.8. The Hall–Kier alpha value is -8.49. The fourth-order valence-electron chi connectivity index (χ4n) is 9.19. The van der Waals surface area contributed by atoms with Crippen LogP contribution in [-0.2, 0) is 37.8 Å². The van der Waals surface area contributed by atoms with Crippen molar-refractivity contribution in [3.05, 3.63) is 144 Å². The molecule has 3 fully saturated rings. The third kappa shape index (κ3) is 11.2. The van der Waals surface area contributed by atoms with E-state index in [4.69, 9.17) is 9.47 Å². The van der Waals surface area contributed by atoms with Crippen LogP contribution in [0.5, 0.6) is 17.2 Å². The molecule has 0 bridgehead atoms. The lowest BCUT2D eigenvalue weighted by Crippen LogP contribution is -2.34. The molecule has 0 unspecified atom stereocenters. The van der Waals surface area contributed by atoms with Crippen LogP contribution in [0.15, 0.2) is 110 Å². The van der Waals surface area contributed by atoms with Gasteiger partial charge in [0.05, 0.1) is 47.9 Å². The quantitative estimate of drug-likeness (QED) is 0.0612. The summed E-state index contributed by atoms with van der Waals surface area (Å²) in [6.45, 7) is 6.56. The number of ether oxygens (including phenoxy) is 3. The van der Waals surface area contributed by atoms with Gasteiger partial charge in [0.15, 0.2) is 0 Å². The van der Waals surface area contributed by atoms with E-state index in [-0.39, 0.29) is 46.3 Å². The number of amides is 3. The van der Waals surface area contributed by atoms with Gasteiger partial charge in [-0.2, -0.15) is 15.3 Å². The molecule has 12 rings (SSSR count). The van der Waals surface area contributed by atoms with Crippen molar-refractivity contribution in [2.24, 2.45) is 21.1 Å². The van der Waals surface area contributed by atoms with E-state index in [1.807, 2.05) is 114 Å². The molecule has 0 atom stereocenters.